The maximum atomic E-state index is 12.8. The van der Waals surface area contributed by atoms with Gasteiger partial charge in [-0.3, -0.25) is 14.5 Å². The van der Waals surface area contributed by atoms with Crippen molar-refractivity contribution in [1.29, 1.82) is 0 Å². The summed E-state index contributed by atoms with van der Waals surface area (Å²) in [5, 5.41) is 7.87. The molecule has 2 fully saturated rings. The Kier molecular flexibility index (Phi) is 5.12. The van der Waals surface area contributed by atoms with E-state index in [0.29, 0.717) is 18.0 Å². The zero-order valence-corrected chi connectivity index (χ0v) is 17.4. The van der Waals surface area contributed by atoms with Gasteiger partial charge in [-0.25, -0.2) is 9.78 Å². The first-order valence-corrected chi connectivity index (χ1v) is 10.7. The summed E-state index contributed by atoms with van der Waals surface area (Å²) < 4.78 is 0. The summed E-state index contributed by atoms with van der Waals surface area (Å²) in [4.78, 5) is 43.1. The van der Waals surface area contributed by atoms with Gasteiger partial charge in [-0.05, 0) is 32.3 Å². The van der Waals surface area contributed by atoms with Crippen LogP contribution in [0.1, 0.15) is 43.2 Å². The van der Waals surface area contributed by atoms with E-state index in [1.165, 1.54) is 16.9 Å². The maximum Gasteiger partial charge on any atom is 0.325 e. The van der Waals surface area contributed by atoms with Gasteiger partial charge in [0, 0.05) is 10.9 Å². The molecule has 2 N–H and O–H groups in total. The molecule has 2 aromatic rings. The molecule has 1 aliphatic carbocycles. The van der Waals surface area contributed by atoms with Crippen LogP contribution in [0.5, 0.6) is 0 Å². The number of anilines is 1. The first-order valence-electron chi connectivity index (χ1n) is 9.85. The van der Waals surface area contributed by atoms with E-state index in [1.54, 1.807) is 0 Å². The standard InChI is InChI=1S/C21H24N4O3S/c1-13-6-7-15(14(2)10-13)16-12-29-19(22-16)23-17(26)11-25-18(27)21(24-20(25)28)8-4-3-5-9-21/h6-7,10,12H,3-5,8-9,11H2,1-2H3,(H,24,28)(H,22,23,26). The zero-order valence-electron chi connectivity index (χ0n) is 16.6. The topological polar surface area (TPSA) is 91.4 Å². The highest BCUT2D eigenvalue weighted by atomic mass is 32.1. The summed E-state index contributed by atoms with van der Waals surface area (Å²) in [6.07, 6.45) is 4.17. The van der Waals surface area contributed by atoms with Gasteiger partial charge in [-0.15, -0.1) is 11.3 Å². The smallest absolute Gasteiger partial charge is 0.323 e. The number of carbonyl (C=O) groups excluding carboxylic acids is 3. The molecule has 2 aliphatic rings. The van der Waals surface area contributed by atoms with Gasteiger partial charge in [-0.2, -0.15) is 0 Å². The fourth-order valence-electron chi connectivity index (χ4n) is 4.17. The van der Waals surface area contributed by atoms with Crippen molar-refractivity contribution >= 4 is 34.3 Å². The minimum Gasteiger partial charge on any atom is -0.323 e. The van der Waals surface area contributed by atoms with Crippen LogP contribution in [0.4, 0.5) is 9.93 Å². The molecular formula is C21H24N4O3S. The van der Waals surface area contributed by atoms with Gasteiger partial charge in [0.05, 0.1) is 5.69 Å². The normalized spacial score (nSPS) is 18.2. The van der Waals surface area contributed by atoms with Crippen molar-refractivity contribution in [2.75, 3.05) is 11.9 Å². The van der Waals surface area contributed by atoms with Crippen LogP contribution in [-0.2, 0) is 9.59 Å². The Balaban J connectivity index is 1.42. The fraction of sp³-hybridized carbons (Fsp3) is 0.429. The quantitative estimate of drug-likeness (QED) is 0.751. The molecule has 4 amide bonds. The van der Waals surface area contributed by atoms with Crippen LogP contribution >= 0.6 is 11.3 Å². The van der Waals surface area contributed by atoms with E-state index in [-0.39, 0.29) is 12.5 Å². The third kappa shape index (κ3) is 3.76. The van der Waals surface area contributed by atoms with E-state index in [1.807, 2.05) is 31.4 Å². The second-order valence-corrected chi connectivity index (χ2v) is 8.73. The molecule has 152 valence electrons. The molecule has 8 heteroatoms. The van der Waals surface area contributed by atoms with Gasteiger partial charge < -0.3 is 10.6 Å². The second kappa shape index (κ2) is 7.59. The third-order valence-electron chi connectivity index (χ3n) is 5.66. The molecular weight excluding hydrogens is 388 g/mol. The van der Waals surface area contributed by atoms with E-state index >= 15 is 0 Å². The average molecular weight is 413 g/mol. The summed E-state index contributed by atoms with van der Waals surface area (Å²) in [6.45, 7) is 3.76. The SMILES string of the molecule is Cc1ccc(-c2csc(NC(=O)CN3C(=O)NC4(CCCCC4)C3=O)n2)c(C)c1. The lowest BCUT2D eigenvalue weighted by Crippen LogP contribution is -2.48. The number of imide groups is 1. The molecule has 2 heterocycles. The number of thiazole rings is 1. The second-order valence-electron chi connectivity index (χ2n) is 7.87. The van der Waals surface area contributed by atoms with Crippen molar-refractivity contribution in [3.05, 3.63) is 34.7 Å². The number of aromatic nitrogens is 1. The lowest BCUT2D eigenvalue weighted by molar-refractivity contribution is -0.134. The Bertz CT molecular complexity index is 978. The molecule has 1 saturated carbocycles. The van der Waals surface area contributed by atoms with Crippen molar-refractivity contribution in [1.82, 2.24) is 15.2 Å². The molecule has 0 unspecified atom stereocenters. The number of benzene rings is 1. The fourth-order valence-corrected chi connectivity index (χ4v) is 4.90. The number of rotatable bonds is 4. The molecule has 1 aliphatic heterocycles. The van der Waals surface area contributed by atoms with Gasteiger partial charge in [0.2, 0.25) is 5.91 Å². The van der Waals surface area contributed by atoms with Gasteiger partial charge in [0.1, 0.15) is 12.1 Å². The Morgan fingerprint density at radius 3 is 2.72 bits per heavy atom. The van der Waals surface area contributed by atoms with Gasteiger partial charge in [0.15, 0.2) is 5.13 Å². The molecule has 7 nitrogen and oxygen atoms in total. The van der Waals surface area contributed by atoms with Crippen LogP contribution in [0.15, 0.2) is 23.6 Å². The predicted octanol–water partition coefficient (Wildman–Crippen LogP) is 3.62. The number of aryl methyl sites for hydroxylation is 2. The number of amides is 4. The molecule has 0 bridgehead atoms. The van der Waals surface area contributed by atoms with Crippen molar-refractivity contribution in [3.8, 4) is 11.3 Å². The predicted molar refractivity (Wildman–Crippen MR) is 112 cm³/mol. The highest BCUT2D eigenvalue weighted by molar-refractivity contribution is 7.14. The largest absolute Gasteiger partial charge is 0.325 e. The molecule has 0 atom stereocenters. The lowest BCUT2D eigenvalue weighted by Gasteiger charge is -2.30. The van der Waals surface area contributed by atoms with Crippen LogP contribution in [0.2, 0.25) is 0 Å². The molecule has 0 radical (unpaired) electrons. The zero-order chi connectivity index (χ0) is 20.6. The van der Waals surface area contributed by atoms with Crippen molar-refractivity contribution in [3.63, 3.8) is 0 Å². The summed E-state index contributed by atoms with van der Waals surface area (Å²) in [7, 11) is 0. The first kappa shape index (κ1) is 19.6. The summed E-state index contributed by atoms with van der Waals surface area (Å²) in [5.41, 5.74) is 3.29. The number of hydrogen-bond donors (Lipinski definition) is 2. The highest BCUT2D eigenvalue weighted by Crippen LogP contribution is 2.33. The number of nitrogens with one attached hydrogen (secondary N) is 2. The van der Waals surface area contributed by atoms with Gasteiger partial charge >= 0.3 is 6.03 Å². The van der Waals surface area contributed by atoms with Crippen LogP contribution in [0, 0.1) is 13.8 Å². The monoisotopic (exact) mass is 412 g/mol. The van der Waals surface area contributed by atoms with Crippen LogP contribution in [-0.4, -0.2) is 39.8 Å². The first-order chi connectivity index (χ1) is 13.9. The Morgan fingerprint density at radius 2 is 2.00 bits per heavy atom. The summed E-state index contributed by atoms with van der Waals surface area (Å²) in [5.74, 6) is -0.713. The summed E-state index contributed by atoms with van der Waals surface area (Å²) in [6, 6.07) is 5.65. The highest BCUT2D eigenvalue weighted by Gasteiger charge is 2.51. The van der Waals surface area contributed by atoms with E-state index in [4.69, 9.17) is 0 Å². The van der Waals surface area contributed by atoms with Gasteiger partial charge in [-0.1, -0.05) is 43.0 Å². The Labute approximate surface area is 173 Å². The molecule has 29 heavy (non-hydrogen) atoms. The molecule has 4 rings (SSSR count). The summed E-state index contributed by atoms with van der Waals surface area (Å²) >= 11 is 1.32. The third-order valence-corrected chi connectivity index (χ3v) is 6.42. The lowest BCUT2D eigenvalue weighted by atomic mass is 9.82. The van der Waals surface area contributed by atoms with Crippen LogP contribution in [0.25, 0.3) is 11.3 Å². The minimum atomic E-state index is -0.813. The van der Waals surface area contributed by atoms with Gasteiger partial charge in [0.25, 0.3) is 5.91 Å². The van der Waals surface area contributed by atoms with E-state index in [0.717, 1.165) is 41.0 Å². The molecule has 1 aromatic carbocycles. The van der Waals surface area contributed by atoms with Crippen molar-refractivity contribution in [2.24, 2.45) is 0 Å². The van der Waals surface area contributed by atoms with E-state index in [2.05, 4.69) is 21.7 Å². The minimum absolute atomic E-state index is 0.285. The molecule has 1 saturated heterocycles. The Hall–Kier alpha value is -2.74. The number of nitrogens with zero attached hydrogens (tertiary/aromatic N) is 2. The number of urea groups is 1. The number of carbonyl (C=O) groups is 3. The maximum absolute atomic E-state index is 12.8. The average Bonchev–Trinajstić information content (AvgIpc) is 3.21. The van der Waals surface area contributed by atoms with Crippen molar-refractivity contribution < 1.29 is 14.4 Å². The Morgan fingerprint density at radius 1 is 1.24 bits per heavy atom. The van der Waals surface area contributed by atoms with Crippen LogP contribution < -0.4 is 10.6 Å². The molecule has 1 aromatic heterocycles. The van der Waals surface area contributed by atoms with Crippen LogP contribution in [0.3, 0.4) is 0 Å². The van der Waals surface area contributed by atoms with Crippen molar-refractivity contribution in [2.45, 2.75) is 51.5 Å². The van der Waals surface area contributed by atoms with E-state index in [9.17, 15) is 14.4 Å². The van der Waals surface area contributed by atoms with E-state index < -0.39 is 17.5 Å². The molecule has 1 spiro atoms. The number of hydrogen-bond acceptors (Lipinski definition) is 5.